The predicted molar refractivity (Wildman–Crippen MR) is 101 cm³/mol. The van der Waals surface area contributed by atoms with Crippen LogP contribution in [0.3, 0.4) is 0 Å². The third kappa shape index (κ3) is 4.15. The van der Waals surface area contributed by atoms with Gasteiger partial charge in [-0.2, -0.15) is 0 Å². The lowest BCUT2D eigenvalue weighted by Crippen LogP contribution is -2.45. The Morgan fingerprint density at radius 1 is 1.33 bits per heavy atom. The van der Waals surface area contributed by atoms with Gasteiger partial charge in [-0.05, 0) is 30.3 Å². The maximum absolute atomic E-state index is 14.4. The number of aliphatic hydroxyl groups is 1. The van der Waals surface area contributed by atoms with Crippen LogP contribution in [-0.2, 0) is 9.53 Å². The van der Waals surface area contributed by atoms with Crippen molar-refractivity contribution < 1.29 is 19.0 Å². The second-order valence-corrected chi connectivity index (χ2v) is 6.20. The number of nitrogens with zero attached hydrogens (tertiary/aromatic N) is 2. The highest BCUT2D eigenvalue weighted by Gasteiger charge is 2.23. The topological polar surface area (TPSA) is 83.3 Å². The molecule has 0 spiro atoms. The van der Waals surface area contributed by atoms with E-state index in [9.17, 15) is 14.3 Å². The second kappa shape index (κ2) is 8.28. The minimum atomic E-state index is -0.977. The van der Waals surface area contributed by atoms with E-state index in [1.54, 1.807) is 36.4 Å². The number of esters is 1. The number of hydrogen-bond donors (Lipinski definition) is 2. The third-order valence-corrected chi connectivity index (χ3v) is 4.23. The molecule has 2 N–H and O–H groups in total. The summed E-state index contributed by atoms with van der Waals surface area (Å²) in [5.74, 6) is -0.699. The summed E-state index contributed by atoms with van der Waals surface area (Å²) in [4.78, 5) is 20.7. The summed E-state index contributed by atoms with van der Waals surface area (Å²) < 4.78 is 19.0. The van der Waals surface area contributed by atoms with Crippen LogP contribution in [0.25, 0.3) is 0 Å². The van der Waals surface area contributed by atoms with Gasteiger partial charge < -0.3 is 15.2 Å². The molecule has 0 bridgehead atoms. The highest BCUT2D eigenvalue weighted by Crippen LogP contribution is 2.29. The molecule has 140 valence electrons. The fourth-order valence-corrected chi connectivity index (χ4v) is 2.87. The van der Waals surface area contributed by atoms with E-state index in [4.69, 9.17) is 11.6 Å². The Hall–Kier alpha value is -2.77. The van der Waals surface area contributed by atoms with Gasteiger partial charge in [-0.1, -0.05) is 23.7 Å². The summed E-state index contributed by atoms with van der Waals surface area (Å²) >= 11 is 6.12. The molecular weight excluding hydrogens is 373 g/mol. The van der Waals surface area contributed by atoms with Crippen molar-refractivity contribution in [2.75, 3.05) is 20.3 Å². The zero-order valence-electron chi connectivity index (χ0n) is 14.4. The molecule has 1 aliphatic heterocycles. The van der Waals surface area contributed by atoms with Crippen molar-refractivity contribution in [2.24, 2.45) is 9.98 Å². The number of halogens is 2. The Bertz CT molecular complexity index is 930. The first kappa shape index (κ1) is 19.0. The van der Waals surface area contributed by atoms with Crippen LogP contribution in [0.1, 0.15) is 11.1 Å². The lowest BCUT2D eigenvalue weighted by molar-refractivity contribution is -0.143. The van der Waals surface area contributed by atoms with Crippen molar-refractivity contribution in [1.82, 2.24) is 5.32 Å². The van der Waals surface area contributed by atoms with Gasteiger partial charge in [0.05, 0.1) is 31.7 Å². The zero-order valence-corrected chi connectivity index (χ0v) is 15.2. The minimum Gasteiger partial charge on any atom is -0.467 e. The van der Waals surface area contributed by atoms with Crippen LogP contribution in [0.5, 0.6) is 0 Å². The smallest absolute Gasteiger partial charge is 0.330 e. The Morgan fingerprint density at radius 2 is 2.11 bits per heavy atom. The number of methoxy groups -OCH3 is 1. The van der Waals surface area contributed by atoms with E-state index in [2.05, 4.69) is 20.0 Å². The third-order valence-electron chi connectivity index (χ3n) is 3.99. The van der Waals surface area contributed by atoms with Crippen molar-refractivity contribution >= 4 is 34.8 Å². The number of ether oxygens (including phenoxy) is 1. The molecule has 6 nitrogen and oxygen atoms in total. The van der Waals surface area contributed by atoms with Crippen molar-refractivity contribution in [2.45, 2.75) is 6.04 Å². The number of aliphatic hydroxyl groups excluding tert-OH is 1. The van der Waals surface area contributed by atoms with Gasteiger partial charge in [0.2, 0.25) is 0 Å². The molecule has 8 heteroatoms. The maximum atomic E-state index is 14.4. The summed E-state index contributed by atoms with van der Waals surface area (Å²) in [5.41, 5.74) is 1.82. The molecule has 0 amide bonds. The number of nitrogens with one attached hydrogen (secondary N) is 1. The van der Waals surface area contributed by atoms with Crippen LogP contribution >= 0.6 is 11.6 Å². The SMILES string of the molecule is COC(=O)C(CO)NC1=Nc2ccc(Cl)cc2C(c2ccccc2F)=NC1. The van der Waals surface area contributed by atoms with Gasteiger partial charge in [-0.3, -0.25) is 4.99 Å². The molecule has 0 radical (unpaired) electrons. The van der Waals surface area contributed by atoms with Gasteiger partial charge in [-0.15, -0.1) is 0 Å². The van der Waals surface area contributed by atoms with Crippen LogP contribution in [0, 0.1) is 5.82 Å². The summed E-state index contributed by atoms with van der Waals surface area (Å²) in [7, 11) is 1.23. The van der Waals surface area contributed by atoms with Crippen LogP contribution < -0.4 is 5.32 Å². The fourth-order valence-electron chi connectivity index (χ4n) is 2.70. The van der Waals surface area contributed by atoms with Gasteiger partial charge in [-0.25, -0.2) is 14.2 Å². The van der Waals surface area contributed by atoms with E-state index in [0.29, 0.717) is 33.4 Å². The number of carbonyl (C=O) groups is 1. The monoisotopic (exact) mass is 389 g/mol. The number of hydrogen-bond acceptors (Lipinski definition) is 6. The predicted octanol–water partition coefficient (Wildman–Crippen LogP) is 2.48. The fraction of sp³-hybridized carbons (Fsp3) is 0.211. The Labute approximate surface area is 160 Å². The van der Waals surface area contributed by atoms with Gasteiger partial charge >= 0.3 is 5.97 Å². The Balaban J connectivity index is 2.05. The van der Waals surface area contributed by atoms with Gasteiger partial charge in [0.15, 0.2) is 0 Å². The van der Waals surface area contributed by atoms with Crippen molar-refractivity contribution in [1.29, 1.82) is 0 Å². The lowest BCUT2D eigenvalue weighted by Gasteiger charge is -2.15. The molecule has 1 unspecified atom stereocenters. The average molecular weight is 390 g/mol. The first-order valence-electron chi connectivity index (χ1n) is 8.15. The first-order chi connectivity index (χ1) is 13.0. The number of rotatable bonds is 4. The van der Waals surface area contributed by atoms with Gasteiger partial charge in [0.1, 0.15) is 17.7 Å². The normalized spacial score (nSPS) is 14.4. The number of fused-ring (bicyclic) bond motifs is 1. The van der Waals surface area contributed by atoms with Gasteiger partial charge in [0.25, 0.3) is 0 Å². The highest BCUT2D eigenvalue weighted by atomic mass is 35.5. The van der Waals surface area contributed by atoms with Crippen LogP contribution in [0.4, 0.5) is 10.1 Å². The van der Waals surface area contributed by atoms with E-state index in [1.165, 1.54) is 13.2 Å². The zero-order chi connectivity index (χ0) is 19.4. The summed E-state index contributed by atoms with van der Waals surface area (Å²) in [6.45, 7) is -0.410. The highest BCUT2D eigenvalue weighted by molar-refractivity contribution is 6.31. The molecule has 3 rings (SSSR count). The number of carbonyl (C=O) groups excluding carboxylic acids is 1. The molecule has 27 heavy (non-hydrogen) atoms. The maximum Gasteiger partial charge on any atom is 0.330 e. The average Bonchev–Trinajstić information content (AvgIpc) is 2.85. The van der Waals surface area contributed by atoms with Crippen LogP contribution in [0.15, 0.2) is 52.4 Å². The molecule has 1 heterocycles. The molecule has 2 aromatic rings. The van der Waals surface area contributed by atoms with E-state index in [0.717, 1.165) is 0 Å². The molecule has 0 aliphatic carbocycles. The van der Waals surface area contributed by atoms with Crippen LogP contribution in [0.2, 0.25) is 5.02 Å². The molecule has 2 aromatic carbocycles. The van der Waals surface area contributed by atoms with E-state index in [-0.39, 0.29) is 6.54 Å². The van der Waals surface area contributed by atoms with Crippen molar-refractivity contribution in [3.8, 4) is 0 Å². The van der Waals surface area contributed by atoms with E-state index in [1.807, 2.05) is 0 Å². The molecular formula is C19H17ClFN3O3. The number of aliphatic imine (C=N–C) groups is 2. The van der Waals surface area contributed by atoms with E-state index >= 15 is 0 Å². The largest absolute Gasteiger partial charge is 0.467 e. The quantitative estimate of drug-likeness (QED) is 0.787. The lowest BCUT2D eigenvalue weighted by atomic mass is 10.0. The summed E-state index contributed by atoms with van der Waals surface area (Å²) in [5, 5.41) is 12.7. The first-order valence-corrected chi connectivity index (χ1v) is 8.53. The molecule has 1 aliphatic rings. The van der Waals surface area contributed by atoms with Gasteiger partial charge in [0, 0.05) is 16.1 Å². The molecule has 0 aromatic heterocycles. The second-order valence-electron chi connectivity index (χ2n) is 5.77. The molecule has 0 saturated heterocycles. The van der Waals surface area contributed by atoms with Crippen molar-refractivity contribution in [3.63, 3.8) is 0 Å². The minimum absolute atomic E-state index is 0.0590. The van der Waals surface area contributed by atoms with E-state index < -0.39 is 24.4 Å². The summed E-state index contributed by atoms with van der Waals surface area (Å²) in [6, 6.07) is 10.3. The molecule has 0 saturated carbocycles. The Kier molecular flexibility index (Phi) is 5.83. The number of benzene rings is 2. The summed E-state index contributed by atoms with van der Waals surface area (Å²) in [6.07, 6.45) is 0. The molecule has 0 fully saturated rings. The standard InChI is InChI=1S/C19H17ClFN3O3/c1-27-19(26)16(10-25)24-17-9-22-18(12-4-2-3-5-14(12)21)13-8-11(20)6-7-15(13)23-17/h2-8,16,25H,9-10H2,1H3,(H,23,24). The Morgan fingerprint density at radius 3 is 2.81 bits per heavy atom. The van der Waals surface area contributed by atoms with Crippen molar-refractivity contribution in [3.05, 3.63) is 64.4 Å². The van der Waals surface area contributed by atoms with Crippen LogP contribution in [-0.4, -0.2) is 48.9 Å². The number of amidine groups is 1. The molecule has 1 atom stereocenters.